The highest BCUT2D eigenvalue weighted by Crippen LogP contribution is 2.24. The molecule has 0 unspecified atom stereocenters. The van der Waals surface area contributed by atoms with Gasteiger partial charge in [-0.05, 0) is 35.9 Å². The summed E-state index contributed by atoms with van der Waals surface area (Å²) in [5.74, 6) is -0.106. The zero-order valence-electron chi connectivity index (χ0n) is 18.7. The number of hydrogen-bond acceptors (Lipinski definition) is 6. The Hall–Kier alpha value is -4.44. The number of sulfonamides is 1. The van der Waals surface area contributed by atoms with Crippen LogP contribution in [0, 0.1) is 0 Å². The van der Waals surface area contributed by atoms with E-state index in [-0.39, 0.29) is 10.6 Å². The van der Waals surface area contributed by atoms with E-state index >= 15 is 0 Å². The van der Waals surface area contributed by atoms with E-state index in [1.54, 1.807) is 59.3 Å². The number of amides is 1. The number of anilines is 2. The molecular weight excluding hydrogens is 466 g/mol. The third kappa shape index (κ3) is 4.38. The van der Waals surface area contributed by atoms with Crippen LogP contribution in [0.5, 0.6) is 0 Å². The van der Waals surface area contributed by atoms with Gasteiger partial charge in [-0.3, -0.25) is 13.8 Å². The minimum absolute atomic E-state index is 0.186. The van der Waals surface area contributed by atoms with Crippen LogP contribution in [-0.4, -0.2) is 36.3 Å². The van der Waals surface area contributed by atoms with Crippen LogP contribution in [0.3, 0.4) is 0 Å². The van der Waals surface area contributed by atoms with E-state index in [0.717, 1.165) is 11.1 Å². The van der Waals surface area contributed by atoms with Gasteiger partial charge in [-0.1, -0.05) is 53.7 Å². The fraction of sp³-hybridized carbons (Fsp3) is 0.0800. The number of nitrogens with zero attached hydrogens (tertiary/aromatic N) is 4. The fourth-order valence-corrected chi connectivity index (χ4v) is 4.94. The van der Waals surface area contributed by atoms with Crippen LogP contribution >= 0.6 is 0 Å². The van der Waals surface area contributed by atoms with Crippen LogP contribution in [0.25, 0.3) is 10.9 Å². The van der Waals surface area contributed by atoms with Gasteiger partial charge in [0, 0.05) is 18.5 Å². The van der Waals surface area contributed by atoms with E-state index in [1.807, 2.05) is 30.3 Å². The fourth-order valence-electron chi connectivity index (χ4n) is 3.74. The predicted molar refractivity (Wildman–Crippen MR) is 132 cm³/mol. The largest absolute Gasteiger partial charge is 0.363 e. The van der Waals surface area contributed by atoms with Crippen LogP contribution in [0.4, 0.5) is 11.5 Å². The molecule has 5 rings (SSSR count). The second-order valence-corrected chi connectivity index (χ2v) is 9.78. The highest BCUT2D eigenvalue weighted by Gasteiger charge is 2.22. The molecule has 0 bridgehead atoms. The van der Waals surface area contributed by atoms with Crippen molar-refractivity contribution in [2.24, 2.45) is 0 Å². The molecule has 0 saturated carbocycles. The molecule has 0 saturated heterocycles. The lowest BCUT2D eigenvalue weighted by Gasteiger charge is -2.19. The molecule has 10 heteroatoms. The Morgan fingerprint density at radius 3 is 2.40 bits per heavy atom. The van der Waals surface area contributed by atoms with Gasteiger partial charge in [-0.2, -0.15) is 5.10 Å². The molecule has 0 aliphatic rings. The summed E-state index contributed by atoms with van der Waals surface area (Å²) in [5, 5.41) is 11.6. The average molecular weight is 488 g/mol. The maximum absolute atomic E-state index is 13.0. The highest BCUT2D eigenvalue weighted by molar-refractivity contribution is 7.92. The number of rotatable bonds is 7. The minimum Gasteiger partial charge on any atom is -0.363 e. The van der Waals surface area contributed by atoms with E-state index in [0.29, 0.717) is 23.4 Å². The lowest BCUT2D eigenvalue weighted by atomic mass is 10.2. The summed E-state index contributed by atoms with van der Waals surface area (Å²) < 4.78 is 33.8. The Kier molecular flexibility index (Phi) is 5.79. The Bertz CT molecular complexity index is 1580. The molecular formula is C25H21N5O4S. The number of carbonyl (C=O) groups is 1. The van der Waals surface area contributed by atoms with Crippen LogP contribution < -0.4 is 9.62 Å². The Morgan fingerprint density at radius 2 is 1.69 bits per heavy atom. The third-order valence-electron chi connectivity index (χ3n) is 5.59. The number of hydrogen-bond donors (Lipinski definition) is 1. The Labute approximate surface area is 201 Å². The average Bonchev–Trinajstić information content (AvgIpc) is 3.52. The van der Waals surface area contributed by atoms with Crippen LogP contribution in [0.2, 0.25) is 0 Å². The van der Waals surface area contributed by atoms with Crippen molar-refractivity contribution in [1.29, 1.82) is 0 Å². The summed E-state index contributed by atoms with van der Waals surface area (Å²) in [6.45, 7) is 0.354. The molecule has 0 atom stereocenters. The number of benzene rings is 3. The Balaban J connectivity index is 1.40. The molecule has 176 valence electrons. The Morgan fingerprint density at radius 1 is 0.971 bits per heavy atom. The van der Waals surface area contributed by atoms with Crippen molar-refractivity contribution in [2.75, 3.05) is 16.7 Å². The lowest BCUT2D eigenvalue weighted by molar-refractivity contribution is 0.102. The van der Waals surface area contributed by atoms with Gasteiger partial charge < -0.3 is 9.84 Å². The molecule has 5 aromatic rings. The molecule has 35 heavy (non-hydrogen) atoms. The topological polar surface area (TPSA) is 110 Å². The van der Waals surface area contributed by atoms with Crippen LogP contribution in [0.1, 0.15) is 16.1 Å². The summed E-state index contributed by atoms with van der Waals surface area (Å²) in [6.07, 6.45) is 1.37. The molecule has 2 heterocycles. The maximum atomic E-state index is 13.0. The SMILES string of the molecule is CN(c1ccccc1)S(=O)(=O)c1ccc(Cn2nc(C(=O)Nc3ccon3)c3ccccc32)cc1. The van der Waals surface area contributed by atoms with Gasteiger partial charge in [0.15, 0.2) is 11.5 Å². The van der Waals surface area contributed by atoms with Gasteiger partial charge >= 0.3 is 0 Å². The minimum atomic E-state index is -3.70. The number of para-hydroxylation sites is 2. The molecule has 3 aromatic carbocycles. The first kappa shape index (κ1) is 22.4. The second-order valence-electron chi connectivity index (χ2n) is 7.81. The molecule has 9 nitrogen and oxygen atoms in total. The first-order valence-corrected chi connectivity index (χ1v) is 12.2. The first-order valence-electron chi connectivity index (χ1n) is 10.7. The van der Waals surface area contributed by atoms with Crippen LogP contribution in [-0.2, 0) is 16.6 Å². The van der Waals surface area contributed by atoms with Gasteiger partial charge in [0.2, 0.25) is 0 Å². The molecule has 0 spiro atoms. The molecule has 1 N–H and O–H groups in total. The van der Waals surface area contributed by atoms with E-state index in [4.69, 9.17) is 4.52 Å². The normalized spacial score (nSPS) is 11.5. The summed E-state index contributed by atoms with van der Waals surface area (Å²) >= 11 is 0. The second kappa shape index (κ2) is 9.07. The number of fused-ring (bicyclic) bond motifs is 1. The summed E-state index contributed by atoms with van der Waals surface area (Å²) in [4.78, 5) is 13.0. The van der Waals surface area contributed by atoms with Crippen molar-refractivity contribution in [3.8, 4) is 0 Å². The quantitative estimate of drug-likeness (QED) is 0.369. The molecule has 0 fully saturated rings. The standard InChI is InChI=1S/C25H21N5O4S/c1-29(19-7-3-2-4-8-19)35(32,33)20-13-11-18(12-14-20)17-30-22-10-6-5-9-21(22)24(27-30)25(31)26-23-15-16-34-28-23/h2-16H,17H2,1H3,(H,26,28,31). The maximum Gasteiger partial charge on any atom is 0.278 e. The van der Waals surface area contributed by atoms with Gasteiger partial charge in [0.1, 0.15) is 6.26 Å². The summed E-state index contributed by atoms with van der Waals surface area (Å²) in [6, 6.07) is 24.5. The van der Waals surface area contributed by atoms with Crippen molar-refractivity contribution < 1.29 is 17.7 Å². The van der Waals surface area contributed by atoms with Gasteiger partial charge in [-0.15, -0.1) is 0 Å². The van der Waals surface area contributed by atoms with E-state index < -0.39 is 15.9 Å². The number of nitrogens with one attached hydrogen (secondary N) is 1. The van der Waals surface area contributed by atoms with Crippen LogP contribution in [0.15, 0.2) is 101 Å². The smallest absolute Gasteiger partial charge is 0.278 e. The van der Waals surface area contributed by atoms with Crippen molar-refractivity contribution in [1.82, 2.24) is 14.9 Å². The van der Waals surface area contributed by atoms with Gasteiger partial charge in [0.05, 0.1) is 22.6 Å². The molecule has 0 aliphatic heterocycles. The third-order valence-corrected chi connectivity index (χ3v) is 7.39. The number of carbonyl (C=O) groups excluding carboxylic acids is 1. The molecule has 0 aliphatic carbocycles. The van der Waals surface area contributed by atoms with E-state index in [1.165, 1.54) is 17.6 Å². The van der Waals surface area contributed by atoms with Gasteiger partial charge in [0.25, 0.3) is 15.9 Å². The molecule has 2 aromatic heterocycles. The predicted octanol–water partition coefficient (Wildman–Crippen LogP) is 4.15. The first-order chi connectivity index (χ1) is 16.9. The van der Waals surface area contributed by atoms with Crippen molar-refractivity contribution in [3.63, 3.8) is 0 Å². The van der Waals surface area contributed by atoms with E-state index in [9.17, 15) is 13.2 Å². The van der Waals surface area contributed by atoms with E-state index in [2.05, 4.69) is 15.6 Å². The monoisotopic (exact) mass is 487 g/mol. The van der Waals surface area contributed by atoms with Gasteiger partial charge in [-0.25, -0.2) is 8.42 Å². The molecule has 1 amide bonds. The van der Waals surface area contributed by atoms with Crippen molar-refractivity contribution >= 4 is 38.3 Å². The zero-order valence-corrected chi connectivity index (χ0v) is 19.5. The zero-order chi connectivity index (χ0) is 24.4. The highest BCUT2D eigenvalue weighted by atomic mass is 32.2. The molecule has 0 radical (unpaired) electrons. The van der Waals surface area contributed by atoms with Crippen molar-refractivity contribution in [3.05, 3.63) is 102 Å². The lowest BCUT2D eigenvalue weighted by Crippen LogP contribution is -2.26. The summed E-state index contributed by atoms with van der Waals surface area (Å²) in [5.41, 5.74) is 2.45. The number of aromatic nitrogens is 3. The summed E-state index contributed by atoms with van der Waals surface area (Å²) in [7, 11) is -2.18. The van der Waals surface area contributed by atoms with Crippen molar-refractivity contribution in [2.45, 2.75) is 11.4 Å².